The molecule has 5 heteroatoms. The van der Waals surface area contributed by atoms with Gasteiger partial charge in [0.15, 0.2) is 0 Å². The minimum atomic E-state index is 0.535. The van der Waals surface area contributed by atoms with Gasteiger partial charge in [-0.3, -0.25) is 0 Å². The van der Waals surface area contributed by atoms with Crippen LogP contribution in [0.25, 0.3) is 0 Å². The average Bonchev–Trinajstić information content (AvgIpc) is 2.98. The first-order chi connectivity index (χ1) is 10.3. The van der Waals surface area contributed by atoms with E-state index in [1.807, 2.05) is 30.6 Å². The molecule has 1 aliphatic rings. The van der Waals surface area contributed by atoms with E-state index in [2.05, 4.69) is 14.9 Å². The van der Waals surface area contributed by atoms with E-state index in [9.17, 15) is 0 Å². The molecule has 0 saturated heterocycles. The van der Waals surface area contributed by atoms with E-state index < -0.39 is 0 Å². The van der Waals surface area contributed by atoms with Gasteiger partial charge in [-0.05, 0) is 25.0 Å². The van der Waals surface area contributed by atoms with Crippen LogP contribution in [0.4, 0.5) is 11.6 Å². The zero-order valence-corrected chi connectivity index (χ0v) is 12.9. The second-order valence-electron chi connectivity index (χ2n) is 5.42. The molecular weight excluding hydrogens is 286 g/mol. The van der Waals surface area contributed by atoms with Crippen LogP contribution < -0.4 is 10.1 Å². The van der Waals surface area contributed by atoms with Gasteiger partial charge in [-0.2, -0.15) is 0 Å². The number of aromatic nitrogens is 2. The van der Waals surface area contributed by atoms with Gasteiger partial charge < -0.3 is 14.6 Å². The summed E-state index contributed by atoms with van der Waals surface area (Å²) in [4.78, 5) is 4.44. The van der Waals surface area contributed by atoms with Crippen LogP contribution in [0.2, 0.25) is 5.02 Å². The molecule has 1 N–H and O–H groups in total. The molecule has 21 heavy (non-hydrogen) atoms. The second-order valence-corrected chi connectivity index (χ2v) is 5.83. The van der Waals surface area contributed by atoms with Crippen LogP contribution in [0.1, 0.15) is 38.1 Å². The molecule has 1 fully saturated rings. The van der Waals surface area contributed by atoms with Crippen molar-refractivity contribution in [3.63, 3.8) is 0 Å². The van der Waals surface area contributed by atoms with Crippen molar-refractivity contribution in [2.24, 2.45) is 0 Å². The van der Waals surface area contributed by atoms with E-state index in [1.54, 1.807) is 7.11 Å². The molecule has 2 aromatic rings. The zero-order valence-electron chi connectivity index (χ0n) is 12.2. The first-order valence-corrected chi connectivity index (χ1v) is 7.79. The van der Waals surface area contributed by atoms with Crippen LogP contribution in [-0.2, 0) is 0 Å². The van der Waals surface area contributed by atoms with E-state index in [-0.39, 0.29) is 0 Å². The highest BCUT2D eigenvalue weighted by Gasteiger charge is 2.18. The number of halogens is 1. The Morgan fingerprint density at radius 1 is 1.29 bits per heavy atom. The van der Waals surface area contributed by atoms with Gasteiger partial charge in [0, 0.05) is 24.5 Å². The number of nitrogens with zero attached hydrogens (tertiary/aromatic N) is 2. The van der Waals surface area contributed by atoms with Crippen LogP contribution in [0.15, 0.2) is 30.6 Å². The van der Waals surface area contributed by atoms with Gasteiger partial charge in [-0.25, -0.2) is 4.98 Å². The number of ether oxygens (including phenoxy) is 1. The van der Waals surface area contributed by atoms with E-state index >= 15 is 0 Å². The fraction of sp³-hybridized carbons (Fsp3) is 0.438. The molecule has 112 valence electrons. The summed E-state index contributed by atoms with van der Waals surface area (Å²) in [6.45, 7) is 0. The lowest BCUT2D eigenvalue weighted by molar-refractivity contribution is 0.356. The van der Waals surface area contributed by atoms with Gasteiger partial charge in [-0.15, -0.1) is 0 Å². The van der Waals surface area contributed by atoms with Crippen molar-refractivity contribution in [3.05, 3.63) is 35.6 Å². The molecule has 0 amide bonds. The van der Waals surface area contributed by atoms with Gasteiger partial charge in [-0.1, -0.05) is 30.9 Å². The highest BCUT2D eigenvalue weighted by atomic mass is 35.5. The van der Waals surface area contributed by atoms with Crippen LogP contribution in [0.5, 0.6) is 5.75 Å². The number of hydrogen-bond donors (Lipinski definition) is 1. The van der Waals surface area contributed by atoms with Crippen molar-refractivity contribution in [2.75, 3.05) is 12.4 Å². The first-order valence-electron chi connectivity index (χ1n) is 7.41. The van der Waals surface area contributed by atoms with Crippen molar-refractivity contribution in [1.82, 2.24) is 9.55 Å². The Kier molecular flexibility index (Phi) is 4.34. The molecule has 1 aromatic heterocycles. The van der Waals surface area contributed by atoms with Crippen LogP contribution in [0.3, 0.4) is 0 Å². The minimum absolute atomic E-state index is 0.535. The summed E-state index contributed by atoms with van der Waals surface area (Å²) >= 11 is 6.25. The van der Waals surface area contributed by atoms with Crippen molar-refractivity contribution in [3.8, 4) is 5.75 Å². The quantitative estimate of drug-likeness (QED) is 0.882. The van der Waals surface area contributed by atoms with E-state index in [4.69, 9.17) is 16.3 Å². The summed E-state index contributed by atoms with van der Waals surface area (Å²) in [5.41, 5.74) is 0.819. The topological polar surface area (TPSA) is 39.1 Å². The lowest BCUT2D eigenvalue weighted by Gasteiger charge is -2.25. The van der Waals surface area contributed by atoms with Gasteiger partial charge in [0.1, 0.15) is 5.75 Å². The average molecular weight is 306 g/mol. The molecule has 0 spiro atoms. The van der Waals surface area contributed by atoms with Crippen LogP contribution >= 0.6 is 11.6 Å². The summed E-state index contributed by atoms with van der Waals surface area (Å²) in [7, 11) is 1.65. The van der Waals surface area contributed by atoms with E-state index in [0.29, 0.717) is 11.1 Å². The Morgan fingerprint density at radius 3 is 2.86 bits per heavy atom. The van der Waals surface area contributed by atoms with Gasteiger partial charge >= 0.3 is 0 Å². The Morgan fingerprint density at radius 2 is 2.10 bits per heavy atom. The number of nitrogens with one attached hydrogen (secondary N) is 1. The fourth-order valence-electron chi connectivity index (χ4n) is 2.91. The largest absolute Gasteiger partial charge is 0.497 e. The summed E-state index contributed by atoms with van der Waals surface area (Å²) < 4.78 is 7.48. The minimum Gasteiger partial charge on any atom is -0.497 e. The number of methoxy groups -OCH3 is 1. The maximum Gasteiger partial charge on any atom is 0.207 e. The smallest absolute Gasteiger partial charge is 0.207 e. The van der Waals surface area contributed by atoms with Crippen molar-refractivity contribution in [2.45, 2.75) is 38.1 Å². The molecule has 0 bridgehead atoms. The molecular formula is C16H20ClN3O. The Labute approximate surface area is 130 Å². The highest BCUT2D eigenvalue weighted by molar-refractivity contribution is 6.33. The molecule has 1 saturated carbocycles. The third kappa shape index (κ3) is 3.16. The lowest BCUT2D eigenvalue weighted by Crippen LogP contribution is -2.14. The van der Waals surface area contributed by atoms with Gasteiger partial charge in [0.2, 0.25) is 5.95 Å². The molecule has 0 unspecified atom stereocenters. The SMILES string of the molecule is COc1ccc(Cl)c(Nc2nccn2C2CCCCC2)c1. The third-order valence-corrected chi connectivity index (χ3v) is 4.39. The molecule has 3 rings (SSSR count). The monoisotopic (exact) mass is 305 g/mol. The fourth-order valence-corrected chi connectivity index (χ4v) is 3.08. The second kappa shape index (κ2) is 6.39. The first kappa shape index (κ1) is 14.3. The molecule has 0 radical (unpaired) electrons. The molecule has 0 atom stereocenters. The Balaban J connectivity index is 1.83. The van der Waals surface area contributed by atoms with Crippen molar-refractivity contribution in [1.29, 1.82) is 0 Å². The maximum atomic E-state index is 6.25. The number of hydrogen-bond acceptors (Lipinski definition) is 3. The normalized spacial score (nSPS) is 15.9. The van der Waals surface area contributed by atoms with E-state index in [1.165, 1.54) is 32.1 Å². The molecule has 4 nitrogen and oxygen atoms in total. The van der Waals surface area contributed by atoms with E-state index in [0.717, 1.165) is 17.4 Å². The Hall–Kier alpha value is -1.68. The summed E-state index contributed by atoms with van der Waals surface area (Å²) in [6.07, 6.45) is 10.3. The number of anilines is 2. The summed E-state index contributed by atoms with van der Waals surface area (Å²) in [5, 5.41) is 3.99. The lowest BCUT2D eigenvalue weighted by atomic mass is 9.95. The van der Waals surface area contributed by atoms with Crippen molar-refractivity contribution < 1.29 is 4.74 Å². The van der Waals surface area contributed by atoms with Crippen LogP contribution in [-0.4, -0.2) is 16.7 Å². The number of rotatable bonds is 4. The zero-order chi connectivity index (χ0) is 14.7. The third-order valence-electron chi connectivity index (χ3n) is 4.06. The summed E-state index contributed by atoms with van der Waals surface area (Å²) in [6, 6.07) is 6.10. The molecule has 1 aliphatic carbocycles. The predicted octanol–water partition coefficient (Wildman–Crippen LogP) is 4.79. The standard InChI is InChI=1S/C16H20ClN3O/c1-21-13-7-8-14(17)15(11-13)19-16-18-9-10-20(16)12-5-3-2-4-6-12/h7-12H,2-6H2,1H3,(H,18,19). The molecule has 0 aliphatic heterocycles. The molecule has 1 heterocycles. The molecule has 1 aromatic carbocycles. The van der Waals surface area contributed by atoms with Gasteiger partial charge in [0.05, 0.1) is 17.8 Å². The Bertz CT molecular complexity index is 605. The highest BCUT2D eigenvalue weighted by Crippen LogP contribution is 2.33. The number of imidazole rings is 1. The maximum absolute atomic E-state index is 6.25. The van der Waals surface area contributed by atoms with Crippen LogP contribution in [0, 0.1) is 0 Å². The van der Waals surface area contributed by atoms with Crippen molar-refractivity contribution >= 4 is 23.2 Å². The van der Waals surface area contributed by atoms with Gasteiger partial charge in [0.25, 0.3) is 0 Å². The number of benzene rings is 1. The summed E-state index contributed by atoms with van der Waals surface area (Å²) in [5.74, 6) is 1.62. The predicted molar refractivity (Wildman–Crippen MR) is 85.6 cm³/mol.